The Balaban J connectivity index is 1.43. The number of nitrogens with one attached hydrogen (secondary N) is 2. The van der Waals surface area contributed by atoms with Crippen molar-refractivity contribution in [3.63, 3.8) is 0 Å². The Morgan fingerprint density at radius 3 is 2.37 bits per heavy atom. The Kier molecular flexibility index (Phi) is 9.03. The first kappa shape index (κ1) is 25.1. The van der Waals surface area contributed by atoms with Gasteiger partial charge in [-0.2, -0.15) is 0 Å². The van der Waals surface area contributed by atoms with Crippen molar-refractivity contribution >= 4 is 39.4 Å². The summed E-state index contributed by atoms with van der Waals surface area (Å²) in [5.74, 6) is 0.861. The number of amides is 2. The number of aromatic nitrogens is 2. The van der Waals surface area contributed by atoms with Crippen molar-refractivity contribution in [3.8, 4) is 22.5 Å². The van der Waals surface area contributed by atoms with E-state index < -0.39 is 0 Å². The lowest BCUT2D eigenvalue weighted by molar-refractivity contribution is 0.252. The summed E-state index contributed by atoms with van der Waals surface area (Å²) in [7, 11) is 0. The van der Waals surface area contributed by atoms with Crippen LogP contribution in [0.2, 0.25) is 0 Å². The number of nitrogens with zero attached hydrogens (tertiary/aromatic N) is 2. The number of rotatable bonds is 10. The molecule has 0 fully saturated rings. The van der Waals surface area contributed by atoms with Gasteiger partial charge in [0.2, 0.25) is 0 Å². The first-order valence-corrected chi connectivity index (χ1v) is 13.6. The molecule has 4 aromatic rings. The van der Waals surface area contributed by atoms with Crippen LogP contribution in [0.1, 0.15) is 19.8 Å². The lowest BCUT2D eigenvalue weighted by atomic mass is 10.0. The SMILES string of the molecule is CCCn1c(SCCCNC(=O)Nc2cccc(Br)c2)nc(-c2ccccc2)c1-c1ccccc1. The fraction of sp³-hybridized carbons (Fsp3) is 0.214. The highest BCUT2D eigenvalue weighted by Crippen LogP contribution is 2.36. The minimum absolute atomic E-state index is 0.196. The van der Waals surface area contributed by atoms with E-state index in [-0.39, 0.29) is 6.03 Å². The van der Waals surface area contributed by atoms with E-state index in [0.717, 1.165) is 57.4 Å². The maximum atomic E-state index is 12.2. The first-order chi connectivity index (χ1) is 17.2. The van der Waals surface area contributed by atoms with E-state index in [1.54, 1.807) is 11.8 Å². The van der Waals surface area contributed by atoms with E-state index >= 15 is 0 Å². The molecular formula is C28H29BrN4OS. The van der Waals surface area contributed by atoms with Crippen LogP contribution < -0.4 is 10.6 Å². The molecule has 2 amide bonds. The topological polar surface area (TPSA) is 59.0 Å². The third kappa shape index (κ3) is 6.77. The quantitative estimate of drug-likeness (QED) is 0.158. The van der Waals surface area contributed by atoms with Gasteiger partial charge >= 0.3 is 6.03 Å². The lowest BCUT2D eigenvalue weighted by Crippen LogP contribution is -2.29. The van der Waals surface area contributed by atoms with Gasteiger partial charge in [0.15, 0.2) is 5.16 Å². The maximum absolute atomic E-state index is 12.2. The molecule has 0 radical (unpaired) electrons. The summed E-state index contributed by atoms with van der Waals surface area (Å²) in [6.07, 6.45) is 1.87. The Labute approximate surface area is 219 Å². The van der Waals surface area contributed by atoms with E-state index in [4.69, 9.17) is 4.98 Å². The zero-order chi connectivity index (χ0) is 24.5. The Morgan fingerprint density at radius 1 is 0.971 bits per heavy atom. The number of hydrogen-bond donors (Lipinski definition) is 2. The molecule has 0 bridgehead atoms. The van der Waals surface area contributed by atoms with Crippen molar-refractivity contribution in [2.75, 3.05) is 17.6 Å². The molecular weight excluding hydrogens is 520 g/mol. The predicted octanol–water partition coefficient (Wildman–Crippen LogP) is 7.69. The van der Waals surface area contributed by atoms with Gasteiger partial charge < -0.3 is 15.2 Å². The standard InChI is InChI=1S/C28H29BrN4OS/c1-2-18-33-26(22-13-7-4-8-14-22)25(21-11-5-3-6-12-21)32-28(33)35-19-10-17-30-27(34)31-24-16-9-15-23(29)20-24/h3-9,11-16,20H,2,10,17-19H2,1H3,(H2,30,31,34). The molecule has 0 spiro atoms. The molecule has 0 aliphatic rings. The smallest absolute Gasteiger partial charge is 0.319 e. The molecule has 0 saturated heterocycles. The first-order valence-electron chi connectivity index (χ1n) is 11.8. The molecule has 0 unspecified atom stereocenters. The van der Waals surface area contributed by atoms with Crippen molar-refractivity contribution in [2.24, 2.45) is 0 Å². The van der Waals surface area contributed by atoms with Gasteiger partial charge in [0.25, 0.3) is 0 Å². The molecule has 0 atom stereocenters. The van der Waals surface area contributed by atoms with Crippen LogP contribution in [0.4, 0.5) is 10.5 Å². The number of benzene rings is 3. The van der Waals surface area contributed by atoms with Gasteiger partial charge in [0, 0.05) is 40.1 Å². The van der Waals surface area contributed by atoms with Gasteiger partial charge in [-0.25, -0.2) is 9.78 Å². The van der Waals surface area contributed by atoms with Crippen molar-refractivity contribution in [1.29, 1.82) is 0 Å². The minimum Gasteiger partial charge on any atom is -0.338 e. The maximum Gasteiger partial charge on any atom is 0.319 e. The second-order valence-electron chi connectivity index (χ2n) is 8.07. The van der Waals surface area contributed by atoms with Crippen LogP contribution >= 0.6 is 27.7 Å². The van der Waals surface area contributed by atoms with Gasteiger partial charge in [0.1, 0.15) is 0 Å². The van der Waals surface area contributed by atoms with Crippen LogP contribution in [0, 0.1) is 0 Å². The summed E-state index contributed by atoms with van der Waals surface area (Å²) in [6.45, 7) is 3.69. The number of carbonyl (C=O) groups excluding carboxylic acids is 1. The number of urea groups is 1. The van der Waals surface area contributed by atoms with E-state index in [1.165, 1.54) is 5.56 Å². The van der Waals surface area contributed by atoms with Gasteiger partial charge in [0.05, 0.1) is 11.4 Å². The van der Waals surface area contributed by atoms with Crippen LogP contribution in [-0.2, 0) is 6.54 Å². The summed E-state index contributed by atoms with van der Waals surface area (Å²) < 4.78 is 3.27. The molecule has 2 N–H and O–H groups in total. The van der Waals surface area contributed by atoms with Crippen LogP contribution in [0.3, 0.4) is 0 Å². The third-order valence-corrected chi connectivity index (χ3v) is 6.95. The van der Waals surface area contributed by atoms with Gasteiger partial charge in [-0.05, 0) is 31.0 Å². The van der Waals surface area contributed by atoms with Crippen LogP contribution in [0.25, 0.3) is 22.5 Å². The Hall–Kier alpha value is -3.03. The van der Waals surface area contributed by atoms with E-state index in [2.05, 4.69) is 86.6 Å². The van der Waals surface area contributed by atoms with E-state index in [9.17, 15) is 4.79 Å². The highest BCUT2D eigenvalue weighted by Gasteiger charge is 2.19. The number of carbonyl (C=O) groups is 1. The van der Waals surface area contributed by atoms with Crippen molar-refractivity contribution in [2.45, 2.75) is 31.5 Å². The molecule has 0 aliphatic carbocycles. The number of halogens is 1. The molecule has 0 aliphatic heterocycles. The average molecular weight is 550 g/mol. The summed E-state index contributed by atoms with van der Waals surface area (Å²) in [4.78, 5) is 17.3. The predicted molar refractivity (Wildman–Crippen MR) is 150 cm³/mol. The molecule has 7 heteroatoms. The number of hydrogen-bond acceptors (Lipinski definition) is 3. The molecule has 1 heterocycles. The van der Waals surface area contributed by atoms with Gasteiger partial charge in [-0.1, -0.05) is 101 Å². The Morgan fingerprint density at radius 2 is 1.69 bits per heavy atom. The third-order valence-electron chi connectivity index (χ3n) is 5.39. The molecule has 0 saturated carbocycles. The highest BCUT2D eigenvalue weighted by molar-refractivity contribution is 9.10. The van der Waals surface area contributed by atoms with Gasteiger partial charge in [-0.3, -0.25) is 0 Å². The fourth-order valence-corrected chi connectivity index (χ4v) is 5.20. The largest absolute Gasteiger partial charge is 0.338 e. The van der Waals surface area contributed by atoms with E-state index in [0.29, 0.717) is 6.54 Å². The highest BCUT2D eigenvalue weighted by atomic mass is 79.9. The lowest BCUT2D eigenvalue weighted by Gasteiger charge is -2.12. The van der Waals surface area contributed by atoms with Crippen LogP contribution in [0.5, 0.6) is 0 Å². The molecule has 35 heavy (non-hydrogen) atoms. The summed E-state index contributed by atoms with van der Waals surface area (Å²) in [5, 5.41) is 6.82. The summed E-state index contributed by atoms with van der Waals surface area (Å²) in [6, 6.07) is 28.2. The van der Waals surface area contributed by atoms with Crippen LogP contribution in [0.15, 0.2) is 94.6 Å². The monoisotopic (exact) mass is 548 g/mol. The average Bonchev–Trinajstić information content (AvgIpc) is 3.23. The zero-order valence-electron chi connectivity index (χ0n) is 19.7. The number of anilines is 1. The fourth-order valence-electron chi connectivity index (χ4n) is 3.84. The van der Waals surface area contributed by atoms with Gasteiger partial charge in [-0.15, -0.1) is 0 Å². The Bertz CT molecular complexity index is 1240. The minimum atomic E-state index is -0.196. The zero-order valence-corrected chi connectivity index (χ0v) is 22.1. The van der Waals surface area contributed by atoms with Crippen LogP contribution in [-0.4, -0.2) is 27.9 Å². The summed E-state index contributed by atoms with van der Waals surface area (Å²) in [5.41, 5.74) is 5.22. The van der Waals surface area contributed by atoms with Crippen molar-refractivity contribution in [1.82, 2.24) is 14.9 Å². The van der Waals surface area contributed by atoms with Crippen molar-refractivity contribution in [3.05, 3.63) is 89.4 Å². The molecule has 4 rings (SSSR count). The second kappa shape index (κ2) is 12.6. The number of thioether (sulfide) groups is 1. The number of imidazole rings is 1. The second-order valence-corrected chi connectivity index (χ2v) is 10.0. The van der Waals surface area contributed by atoms with Crippen molar-refractivity contribution < 1.29 is 4.79 Å². The molecule has 1 aromatic heterocycles. The molecule has 3 aromatic carbocycles. The molecule has 180 valence electrons. The normalized spacial score (nSPS) is 10.8. The van der Waals surface area contributed by atoms with E-state index in [1.807, 2.05) is 36.4 Å². The summed E-state index contributed by atoms with van der Waals surface area (Å²) >= 11 is 5.16. The molecule has 5 nitrogen and oxygen atoms in total.